The van der Waals surface area contributed by atoms with Gasteiger partial charge >= 0.3 is 6.36 Å². The fourth-order valence-corrected chi connectivity index (χ4v) is 4.77. The zero-order valence-electron chi connectivity index (χ0n) is 20.8. The fraction of sp³-hybridized carbons (Fsp3) is 0.269. The summed E-state index contributed by atoms with van der Waals surface area (Å²) in [5, 5.41) is 3.64. The van der Waals surface area contributed by atoms with E-state index >= 15 is 0 Å². The Morgan fingerprint density at radius 3 is 2.50 bits per heavy atom. The minimum Gasteiger partial charge on any atom is -0.494 e. The van der Waals surface area contributed by atoms with Gasteiger partial charge in [-0.3, -0.25) is 0 Å². The average molecular weight is 545 g/mol. The van der Waals surface area contributed by atoms with Crippen molar-refractivity contribution in [1.29, 1.82) is 0 Å². The Morgan fingerprint density at radius 1 is 1.11 bits per heavy atom. The van der Waals surface area contributed by atoms with Crippen LogP contribution >= 0.6 is 11.6 Å². The molecule has 38 heavy (non-hydrogen) atoms. The van der Waals surface area contributed by atoms with Gasteiger partial charge in [0.05, 0.1) is 18.5 Å². The quantitative estimate of drug-likeness (QED) is 0.301. The molecule has 2 aromatic heterocycles. The molecule has 2 heterocycles. The molecule has 4 aromatic rings. The monoisotopic (exact) mass is 544 g/mol. The number of imidazole rings is 1. The van der Waals surface area contributed by atoms with Crippen molar-refractivity contribution in [1.82, 2.24) is 19.5 Å². The van der Waals surface area contributed by atoms with E-state index in [-0.39, 0.29) is 11.7 Å². The van der Waals surface area contributed by atoms with Crippen LogP contribution in [0.2, 0.25) is 5.15 Å². The number of anilines is 3. The van der Waals surface area contributed by atoms with Crippen LogP contribution in [0.1, 0.15) is 29.2 Å². The molecule has 0 spiro atoms. The third-order valence-electron chi connectivity index (χ3n) is 6.24. The summed E-state index contributed by atoms with van der Waals surface area (Å²) in [4.78, 5) is 15.6. The number of ether oxygens (including phenoxy) is 2. The van der Waals surface area contributed by atoms with Crippen LogP contribution in [0.3, 0.4) is 0 Å². The Hall–Kier alpha value is -3.99. The minimum absolute atomic E-state index is 0.0879. The largest absolute Gasteiger partial charge is 0.573 e. The minimum atomic E-state index is -4.73. The van der Waals surface area contributed by atoms with Gasteiger partial charge in [-0.2, -0.15) is 4.98 Å². The lowest BCUT2D eigenvalue weighted by Crippen LogP contribution is -2.17. The lowest BCUT2D eigenvalue weighted by atomic mass is 9.96. The summed E-state index contributed by atoms with van der Waals surface area (Å²) in [6.07, 6.45) is 0.0700. The van der Waals surface area contributed by atoms with Gasteiger partial charge in [-0.15, -0.1) is 13.2 Å². The molecule has 12 heteroatoms. The third-order valence-corrected chi connectivity index (χ3v) is 6.43. The summed E-state index contributed by atoms with van der Waals surface area (Å²) >= 11 is 5.96. The van der Waals surface area contributed by atoms with Crippen molar-refractivity contribution >= 4 is 29.1 Å². The van der Waals surface area contributed by atoms with Crippen LogP contribution in [0.25, 0.3) is 5.69 Å². The Balaban J connectivity index is 1.46. The number of methoxy groups -OCH3 is 1. The van der Waals surface area contributed by atoms with Crippen LogP contribution in [0, 0.1) is 0 Å². The van der Waals surface area contributed by atoms with E-state index in [0.717, 1.165) is 41.2 Å². The van der Waals surface area contributed by atoms with Gasteiger partial charge in [0.25, 0.3) is 0 Å². The van der Waals surface area contributed by atoms with Gasteiger partial charge in [0, 0.05) is 43.5 Å². The first kappa shape index (κ1) is 25.7. The van der Waals surface area contributed by atoms with Crippen molar-refractivity contribution in [3.05, 3.63) is 77.0 Å². The lowest BCUT2D eigenvalue weighted by molar-refractivity contribution is -0.274. The second-order valence-electron chi connectivity index (χ2n) is 8.95. The highest BCUT2D eigenvalue weighted by Gasteiger charge is 2.32. The van der Waals surface area contributed by atoms with Crippen molar-refractivity contribution in [3.8, 4) is 17.2 Å². The number of aromatic nitrogens is 4. The van der Waals surface area contributed by atoms with Gasteiger partial charge in [0.1, 0.15) is 28.8 Å². The fourth-order valence-electron chi connectivity index (χ4n) is 4.62. The molecule has 2 aromatic carbocycles. The lowest BCUT2D eigenvalue weighted by Gasteiger charge is -2.19. The smallest absolute Gasteiger partial charge is 0.494 e. The predicted molar refractivity (Wildman–Crippen MR) is 138 cm³/mol. The standard InChI is InChI=1S/C26H24ClF3N6O2/c1-35(2)24-19-10-9-18(15-4-7-17(8-5-15)38-26(28,29)30)23(19)33-25(34-24)32-16-6-11-20(21(12-16)37-3)36-13-22(27)31-14-36/h4-8,11-14,18H,9-10H2,1-3H3,(H,32,33,34). The van der Waals surface area contributed by atoms with Gasteiger partial charge in [0.15, 0.2) is 0 Å². The van der Waals surface area contributed by atoms with Gasteiger partial charge in [-0.05, 0) is 42.7 Å². The average Bonchev–Trinajstić information content (AvgIpc) is 3.49. The SMILES string of the molecule is COc1cc(Nc2nc3c(c(N(C)C)n2)CCC3c2ccc(OC(F)(F)F)cc2)ccc1-n1cnc(Cl)c1. The molecule has 0 amide bonds. The van der Waals surface area contributed by atoms with Crippen molar-refractivity contribution < 1.29 is 22.6 Å². The Labute approximate surface area is 222 Å². The van der Waals surface area contributed by atoms with Crippen molar-refractivity contribution in [2.24, 2.45) is 0 Å². The Kier molecular flexibility index (Phi) is 6.78. The first-order valence-electron chi connectivity index (χ1n) is 11.7. The van der Waals surface area contributed by atoms with E-state index < -0.39 is 6.36 Å². The number of hydrogen-bond donors (Lipinski definition) is 1. The Morgan fingerprint density at radius 2 is 1.87 bits per heavy atom. The molecule has 1 N–H and O–H groups in total. The highest BCUT2D eigenvalue weighted by Crippen LogP contribution is 2.42. The summed E-state index contributed by atoms with van der Waals surface area (Å²) in [6, 6.07) is 11.5. The van der Waals surface area contributed by atoms with E-state index in [1.807, 2.05) is 37.2 Å². The number of nitrogens with zero attached hydrogens (tertiary/aromatic N) is 5. The molecule has 0 saturated carbocycles. The third kappa shape index (κ3) is 5.33. The zero-order valence-corrected chi connectivity index (χ0v) is 21.5. The molecule has 1 aliphatic rings. The van der Waals surface area contributed by atoms with Crippen LogP contribution in [0.4, 0.5) is 30.6 Å². The summed E-state index contributed by atoms with van der Waals surface area (Å²) < 4.78 is 49.1. The molecule has 0 saturated heterocycles. The number of fused-ring (bicyclic) bond motifs is 1. The maximum absolute atomic E-state index is 12.6. The summed E-state index contributed by atoms with van der Waals surface area (Å²) in [7, 11) is 5.40. The molecule has 198 valence electrons. The second-order valence-corrected chi connectivity index (χ2v) is 9.34. The Bertz CT molecular complexity index is 1460. The predicted octanol–water partition coefficient (Wildman–Crippen LogP) is 6.11. The number of hydrogen-bond acceptors (Lipinski definition) is 7. The van der Waals surface area contributed by atoms with Crippen LogP contribution < -0.4 is 19.7 Å². The first-order chi connectivity index (χ1) is 18.1. The van der Waals surface area contributed by atoms with Crippen LogP contribution in [-0.2, 0) is 6.42 Å². The molecule has 0 radical (unpaired) electrons. The number of halogens is 4. The van der Waals surface area contributed by atoms with E-state index in [9.17, 15) is 13.2 Å². The van der Waals surface area contributed by atoms with Gasteiger partial charge in [-0.25, -0.2) is 9.97 Å². The van der Waals surface area contributed by atoms with E-state index in [4.69, 9.17) is 26.3 Å². The van der Waals surface area contributed by atoms with Crippen molar-refractivity contribution in [2.45, 2.75) is 25.1 Å². The molecule has 1 atom stereocenters. The van der Waals surface area contributed by atoms with Crippen LogP contribution in [0.5, 0.6) is 11.5 Å². The molecule has 5 rings (SSSR count). The molecule has 1 unspecified atom stereocenters. The van der Waals surface area contributed by atoms with Gasteiger partial charge < -0.3 is 24.3 Å². The number of alkyl halides is 3. The van der Waals surface area contributed by atoms with E-state index in [2.05, 4.69) is 15.0 Å². The van der Waals surface area contributed by atoms with E-state index in [1.165, 1.54) is 12.1 Å². The molecule has 1 aliphatic carbocycles. The van der Waals surface area contributed by atoms with Crippen molar-refractivity contribution in [2.75, 3.05) is 31.4 Å². The van der Waals surface area contributed by atoms with Crippen LogP contribution in [-0.4, -0.2) is 47.1 Å². The van der Waals surface area contributed by atoms with Gasteiger partial charge in [0.2, 0.25) is 5.95 Å². The maximum atomic E-state index is 12.6. The normalized spacial score (nSPS) is 14.8. The molecule has 0 fully saturated rings. The molecule has 0 bridgehead atoms. The molecule has 8 nitrogen and oxygen atoms in total. The van der Waals surface area contributed by atoms with Gasteiger partial charge in [-0.1, -0.05) is 23.7 Å². The number of benzene rings is 2. The zero-order chi connectivity index (χ0) is 27.0. The highest BCUT2D eigenvalue weighted by atomic mass is 35.5. The summed E-state index contributed by atoms with van der Waals surface area (Å²) in [5.41, 5.74) is 4.19. The van der Waals surface area contributed by atoms with Crippen LogP contribution in [0.15, 0.2) is 55.0 Å². The van der Waals surface area contributed by atoms with Crippen molar-refractivity contribution in [3.63, 3.8) is 0 Å². The topological polar surface area (TPSA) is 77.3 Å². The molecule has 0 aliphatic heterocycles. The molecular formula is C26H24ClF3N6O2. The number of rotatable bonds is 7. The molecular weight excluding hydrogens is 521 g/mol. The van der Waals surface area contributed by atoms with E-state index in [0.29, 0.717) is 22.5 Å². The maximum Gasteiger partial charge on any atom is 0.573 e. The summed E-state index contributed by atoms with van der Waals surface area (Å²) in [6.45, 7) is 0. The van der Waals surface area contributed by atoms with E-state index in [1.54, 1.807) is 36.3 Å². The second kappa shape index (κ2) is 10.1. The highest BCUT2D eigenvalue weighted by molar-refractivity contribution is 6.29. The number of nitrogens with one attached hydrogen (secondary N) is 1. The summed E-state index contributed by atoms with van der Waals surface area (Å²) in [5.74, 6) is 1.44. The first-order valence-corrected chi connectivity index (χ1v) is 12.1.